The molecule has 0 spiro atoms. The fourth-order valence-electron chi connectivity index (χ4n) is 2.38. The second kappa shape index (κ2) is 6.06. The van der Waals surface area contributed by atoms with Crippen molar-refractivity contribution in [1.82, 2.24) is 4.90 Å². The van der Waals surface area contributed by atoms with E-state index in [0.29, 0.717) is 4.90 Å². The molecule has 120 valence electrons. The zero-order valence-corrected chi connectivity index (χ0v) is 11.8. The van der Waals surface area contributed by atoms with E-state index in [-0.39, 0.29) is 17.6 Å². The number of halogens is 5. The molecule has 22 heavy (non-hydrogen) atoms. The van der Waals surface area contributed by atoms with Crippen LogP contribution < -0.4 is 0 Å². The number of carbonyl (C=O) groups excluding carboxylic acids is 1. The van der Waals surface area contributed by atoms with Crippen LogP contribution in [0.5, 0.6) is 0 Å². The van der Waals surface area contributed by atoms with Gasteiger partial charge in [-0.3, -0.25) is 4.79 Å². The van der Waals surface area contributed by atoms with Gasteiger partial charge in [0.15, 0.2) is 11.6 Å². The van der Waals surface area contributed by atoms with E-state index < -0.39 is 42.7 Å². The summed E-state index contributed by atoms with van der Waals surface area (Å²) >= 11 is 0. The number of allylic oxidation sites excluding steroid dienone is 1. The van der Waals surface area contributed by atoms with Crippen LogP contribution in [0.15, 0.2) is 24.3 Å². The molecule has 1 atom stereocenters. The molecule has 1 aliphatic heterocycles. The van der Waals surface area contributed by atoms with Gasteiger partial charge in [0, 0.05) is 18.0 Å². The number of rotatable bonds is 2. The van der Waals surface area contributed by atoms with Gasteiger partial charge in [-0.25, -0.2) is 8.78 Å². The lowest BCUT2D eigenvalue weighted by Gasteiger charge is -2.25. The monoisotopic (exact) mass is 319 g/mol. The molecule has 1 aliphatic rings. The van der Waals surface area contributed by atoms with Gasteiger partial charge in [-0.15, -0.1) is 0 Å². The number of benzene rings is 1. The Labute approximate surface area is 124 Å². The average Bonchev–Trinajstić information content (AvgIpc) is 2.54. The molecule has 1 aromatic rings. The number of alkyl halides is 3. The van der Waals surface area contributed by atoms with Gasteiger partial charge >= 0.3 is 6.18 Å². The highest BCUT2D eigenvalue weighted by atomic mass is 19.4. The van der Waals surface area contributed by atoms with Gasteiger partial charge in [0.05, 0.1) is 0 Å². The third-order valence-corrected chi connectivity index (χ3v) is 3.48. The minimum absolute atomic E-state index is 0.117. The number of amides is 1. The molecule has 2 nitrogen and oxygen atoms in total. The Kier molecular flexibility index (Phi) is 4.53. The zero-order chi connectivity index (χ0) is 16.5. The van der Waals surface area contributed by atoms with Crippen LogP contribution in [0, 0.1) is 17.6 Å². The lowest BCUT2D eigenvalue weighted by atomic mass is 10.0. The highest BCUT2D eigenvalue weighted by Gasteiger charge is 2.36. The molecule has 0 aliphatic carbocycles. The minimum Gasteiger partial charge on any atom is -0.329 e. The molecule has 0 radical (unpaired) electrons. The van der Waals surface area contributed by atoms with Gasteiger partial charge in [-0.05, 0) is 18.1 Å². The van der Waals surface area contributed by atoms with Crippen LogP contribution in [0.2, 0.25) is 0 Å². The smallest absolute Gasteiger partial charge is 0.329 e. The van der Waals surface area contributed by atoms with Crippen LogP contribution >= 0.6 is 0 Å². The first-order chi connectivity index (χ1) is 10.2. The Bertz CT molecular complexity index is 608. The topological polar surface area (TPSA) is 20.3 Å². The van der Waals surface area contributed by atoms with Crippen LogP contribution in [0.4, 0.5) is 22.0 Å². The first-order valence-corrected chi connectivity index (χ1v) is 6.68. The highest BCUT2D eigenvalue weighted by molar-refractivity contribution is 5.83. The van der Waals surface area contributed by atoms with Crippen molar-refractivity contribution in [3.63, 3.8) is 0 Å². The van der Waals surface area contributed by atoms with Gasteiger partial charge in [-0.2, -0.15) is 13.2 Å². The van der Waals surface area contributed by atoms with Crippen LogP contribution in [-0.4, -0.2) is 30.1 Å². The summed E-state index contributed by atoms with van der Waals surface area (Å²) in [5, 5.41) is 0. The molecule has 0 unspecified atom stereocenters. The van der Waals surface area contributed by atoms with E-state index in [9.17, 15) is 26.7 Å². The molecule has 0 aromatic heterocycles. The van der Waals surface area contributed by atoms with E-state index in [0.717, 1.165) is 6.07 Å². The van der Waals surface area contributed by atoms with E-state index in [1.807, 2.05) is 0 Å². The Morgan fingerprint density at radius 3 is 2.59 bits per heavy atom. The number of hydrogen-bond acceptors (Lipinski definition) is 1. The lowest BCUT2D eigenvalue weighted by molar-refractivity contribution is -0.161. The Morgan fingerprint density at radius 2 is 1.95 bits per heavy atom. The number of hydrogen-bond donors (Lipinski definition) is 0. The molecule has 1 amide bonds. The van der Waals surface area contributed by atoms with Crippen molar-refractivity contribution < 1.29 is 26.7 Å². The standard InChI is InChI=1S/C15H14F5NO/c1-9-5-6-10(11-3-2-4-12(16)13(11)17)7-21(14(9)22)8-15(18,19)20/h2-4,6,9H,5,7-8H2,1H3/t9-/m0/s1. The molecular weight excluding hydrogens is 305 g/mol. The molecule has 7 heteroatoms. The number of nitrogens with zero attached hydrogens (tertiary/aromatic N) is 1. The van der Waals surface area contributed by atoms with Crippen molar-refractivity contribution in [2.75, 3.05) is 13.1 Å². The normalized spacial score (nSPS) is 19.9. The summed E-state index contributed by atoms with van der Waals surface area (Å²) in [4.78, 5) is 12.6. The quantitative estimate of drug-likeness (QED) is 0.760. The third-order valence-electron chi connectivity index (χ3n) is 3.48. The van der Waals surface area contributed by atoms with E-state index in [4.69, 9.17) is 0 Å². The summed E-state index contributed by atoms with van der Waals surface area (Å²) in [6.07, 6.45) is -2.87. The Hall–Kier alpha value is -1.92. The third kappa shape index (κ3) is 3.64. The predicted molar refractivity (Wildman–Crippen MR) is 70.8 cm³/mol. The summed E-state index contributed by atoms with van der Waals surface area (Å²) in [5.41, 5.74) is 0.0630. The molecule has 1 heterocycles. The van der Waals surface area contributed by atoms with Crippen molar-refractivity contribution in [2.45, 2.75) is 19.5 Å². The summed E-state index contributed by atoms with van der Waals surface area (Å²) in [5.74, 6) is -3.50. The van der Waals surface area contributed by atoms with Gasteiger partial charge < -0.3 is 4.90 Å². The second-order valence-electron chi connectivity index (χ2n) is 5.28. The van der Waals surface area contributed by atoms with Crippen LogP contribution in [0.1, 0.15) is 18.9 Å². The summed E-state index contributed by atoms with van der Waals surface area (Å²) in [6.45, 7) is -0.305. The maximum absolute atomic E-state index is 13.8. The predicted octanol–water partition coefficient (Wildman–Crippen LogP) is 3.78. The van der Waals surface area contributed by atoms with Crippen molar-refractivity contribution in [3.8, 4) is 0 Å². The number of carbonyl (C=O) groups is 1. The van der Waals surface area contributed by atoms with Crippen LogP contribution in [0.25, 0.3) is 5.57 Å². The van der Waals surface area contributed by atoms with Gasteiger partial charge in [0.25, 0.3) is 0 Å². The molecule has 0 bridgehead atoms. The van der Waals surface area contributed by atoms with E-state index >= 15 is 0 Å². The molecular formula is C15H14F5NO. The fraction of sp³-hybridized carbons (Fsp3) is 0.400. The van der Waals surface area contributed by atoms with Crippen LogP contribution in [-0.2, 0) is 4.79 Å². The molecule has 0 N–H and O–H groups in total. The largest absolute Gasteiger partial charge is 0.406 e. The molecule has 0 saturated carbocycles. The van der Waals surface area contributed by atoms with Crippen molar-refractivity contribution in [3.05, 3.63) is 41.5 Å². The first kappa shape index (κ1) is 16.5. The van der Waals surface area contributed by atoms with Gasteiger partial charge in [0.1, 0.15) is 6.54 Å². The summed E-state index contributed by atoms with van der Waals surface area (Å²) in [7, 11) is 0. The van der Waals surface area contributed by atoms with Crippen molar-refractivity contribution in [2.24, 2.45) is 5.92 Å². The van der Waals surface area contributed by atoms with Gasteiger partial charge in [0.2, 0.25) is 5.91 Å². The van der Waals surface area contributed by atoms with Gasteiger partial charge in [-0.1, -0.05) is 25.1 Å². The molecule has 2 rings (SSSR count). The minimum atomic E-state index is -4.55. The maximum Gasteiger partial charge on any atom is 0.406 e. The molecule has 1 aromatic carbocycles. The Morgan fingerprint density at radius 1 is 1.27 bits per heavy atom. The summed E-state index contributed by atoms with van der Waals surface area (Å²) in [6, 6.07) is 3.49. The molecule has 0 saturated heterocycles. The Balaban J connectivity index is 2.36. The van der Waals surface area contributed by atoms with Crippen molar-refractivity contribution in [1.29, 1.82) is 0 Å². The summed E-state index contributed by atoms with van der Waals surface area (Å²) < 4.78 is 64.9. The maximum atomic E-state index is 13.8. The average molecular weight is 319 g/mol. The van der Waals surface area contributed by atoms with E-state index in [1.54, 1.807) is 0 Å². The fourth-order valence-corrected chi connectivity index (χ4v) is 2.38. The highest BCUT2D eigenvalue weighted by Crippen LogP contribution is 2.28. The van der Waals surface area contributed by atoms with Crippen LogP contribution in [0.3, 0.4) is 0 Å². The zero-order valence-electron chi connectivity index (χ0n) is 11.8. The van der Waals surface area contributed by atoms with E-state index in [1.165, 1.54) is 25.1 Å². The second-order valence-corrected chi connectivity index (χ2v) is 5.28. The lowest BCUT2D eigenvalue weighted by Crippen LogP contribution is -2.41. The van der Waals surface area contributed by atoms with E-state index in [2.05, 4.69) is 0 Å². The SMILES string of the molecule is C[C@H]1CC=C(c2cccc(F)c2F)CN(CC(F)(F)F)C1=O. The molecule has 0 fully saturated rings. The van der Waals surface area contributed by atoms with Crippen molar-refractivity contribution >= 4 is 11.5 Å². The first-order valence-electron chi connectivity index (χ1n) is 6.68.